The summed E-state index contributed by atoms with van der Waals surface area (Å²) >= 11 is 13.1. The van der Waals surface area contributed by atoms with Crippen LogP contribution in [0.4, 0.5) is 4.79 Å². The Morgan fingerprint density at radius 3 is 2.38 bits per heavy atom. The summed E-state index contributed by atoms with van der Waals surface area (Å²) in [6.07, 6.45) is 1.56. The number of nitrogens with zero attached hydrogens (tertiary/aromatic N) is 1. The molecule has 3 aromatic carbocycles. The third kappa shape index (κ3) is 5.12. The molecule has 0 radical (unpaired) electrons. The van der Waals surface area contributed by atoms with E-state index in [1.807, 2.05) is 0 Å². The summed E-state index contributed by atoms with van der Waals surface area (Å²) in [5.41, 5.74) is 1.43. The van der Waals surface area contributed by atoms with Gasteiger partial charge in [0.2, 0.25) is 0 Å². The number of benzene rings is 3. The van der Waals surface area contributed by atoms with Gasteiger partial charge in [0.1, 0.15) is 0 Å². The Morgan fingerprint density at radius 2 is 1.68 bits per heavy atom. The summed E-state index contributed by atoms with van der Waals surface area (Å²) < 4.78 is 10.8. The fourth-order valence-electron chi connectivity index (χ4n) is 3.23. The number of thioether (sulfide) groups is 1. The van der Waals surface area contributed by atoms with Crippen LogP contribution in [0.2, 0.25) is 10.0 Å². The van der Waals surface area contributed by atoms with Crippen LogP contribution < -0.4 is 9.47 Å². The third-order valence-corrected chi connectivity index (χ3v) is 6.55. The zero-order valence-electron chi connectivity index (χ0n) is 17.8. The van der Waals surface area contributed by atoms with Gasteiger partial charge in [0.05, 0.1) is 29.1 Å². The minimum Gasteiger partial charge on any atom is -0.493 e. The molecule has 6 nitrogen and oxygen atoms in total. The molecule has 0 spiro atoms. The SMILES string of the molecule is COc1ccc(/C=C2\SC(=O)N(Cc3ccccc3Cl)C2=O)cc1OC(=O)c1ccccc1Cl. The van der Waals surface area contributed by atoms with E-state index in [9.17, 15) is 14.4 Å². The first-order valence-electron chi connectivity index (χ1n) is 10.0. The average molecular weight is 514 g/mol. The summed E-state index contributed by atoms with van der Waals surface area (Å²) in [6.45, 7) is 0.0744. The molecule has 0 N–H and O–H groups in total. The zero-order valence-corrected chi connectivity index (χ0v) is 20.1. The third-order valence-electron chi connectivity index (χ3n) is 4.94. The van der Waals surface area contributed by atoms with Gasteiger partial charge >= 0.3 is 5.97 Å². The van der Waals surface area contributed by atoms with E-state index < -0.39 is 17.1 Å². The number of esters is 1. The largest absolute Gasteiger partial charge is 0.493 e. The Kier molecular flexibility index (Phi) is 7.26. The number of amides is 2. The monoisotopic (exact) mass is 513 g/mol. The molecule has 0 atom stereocenters. The van der Waals surface area contributed by atoms with E-state index in [-0.39, 0.29) is 27.8 Å². The molecule has 1 saturated heterocycles. The van der Waals surface area contributed by atoms with E-state index in [2.05, 4.69) is 0 Å². The van der Waals surface area contributed by atoms with Crippen molar-refractivity contribution >= 4 is 58.2 Å². The van der Waals surface area contributed by atoms with Crippen molar-refractivity contribution in [3.63, 3.8) is 0 Å². The van der Waals surface area contributed by atoms with Crippen molar-refractivity contribution in [2.24, 2.45) is 0 Å². The molecule has 3 aromatic rings. The topological polar surface area (TPSA) is 72.9 Å². The number of imide groups is 1. The van der Waals surface area contributed by atoms with Gasteiger partial charge in [-0.05, 0) is 59.3 Å². The van der Waals surface area contributed by atoms with Gasteiger partial charge in [0, 0.05) is 5.02 Å². The number of rotatable bonds is 6. The highest BCUT2D eigenvalue weighted by molar-refractivity contribution is 8.18. The van der Waals surface area contributed by atoms with Crippen molar-refractivity contribution in [3.05, 3.63) is 98.4 Å². The molecule has 1 fully saturated rings. The van der Waals surface area contributed by atoms with Crippen molar-refractivity contribution in [3.8, 4) is 11.5 Å². The standard InChI is InChI=1S/C25H17Cl2NO5S/c1-32-20-11-10-15(12-21(20)33-24(30)17-7-3-5-9-19(17)27)13-22-23(29)28(25(31)34-22)14-16-6-2-4-8-18(16)26/h2-13H,14H2,1H3/b22-13-. The van der Waals surface area contributed by atoms with Crippen molar-refractivity contribution < 1.29 is 23.9 Å². The highest BCUT2D eigenvalue weighted by Crippen LogP contribution is 2.36. The molecule has 0 bridgehead atoms. The minimum absolute atomic E-state index is 0.0744. The van der Waals surface area contributed by atoms with Crippen molar-refractivity contribution in [2.45, 2.75) is 6.54 Å². The maximum Gasteiger partial charge on any atom is 0.345 e. The van der Waals surface area contributed by atoms with E-state index in [4.69, 9.17) is 32.7 Å². The first kappa shape index (κ1) is 23.9. The van der Waals surface area contributed by atoms with Gasteiger partial charge in [-0.15, -0.1) is 0 Å². The molecule has 1 aliphatic heterocycles. The molecule has 0 unspecified atom stereocenters. The van der Waals surface area contributed by atoms with Crippen LogP contribution in [0.5, 0.6) is 11.5 Å². The normalized spacial score (nSPS) is 14.6. The Hall–Kier alpha value is -3.26. The zero-order chi connectivity index (χ0) is 24.2. The maximum absolute atomic E-state index is 12.9. The molecular formula is C25H17Cl2NO5S. The first-order valence-corrected chi connectivity index (χ1v) is 11.6. The van der Waals surface area contributed by atoms with Gasteiger partial charge in [-0.3, -0.25) is 14.5 Å². The average Bonchev–Trinajstić information content (AvgIpc) is 3.08. The second-order valence-electron chi connectivity index (χ2n) is 7.14. The lowest BCUT2D eigenvalue weighted by molar-refractivity contribution is -0.123. The summed E-state index contributed by atoms with van der Waals surface area (Å²) in [4.78, 5) is 39.4. The Morgan fingerprint density at radius 1 is 0.971 bits per heavy atom. The minimum atomic E-state index is -0.652. The van der Waals surface area contributed by atoms with Crippen LogP contribution in [0.15, 0.2) is 71.6 Å². The van der Waals surface area contributed by atoms with Gasteiger partial charge < -0.3 is 9.47 Å². The van der Waals surface area contributed by atoms with E-state index >= 15 is 0 Å². The van der Waals surface area contributed by atoms with Crippen LogP contribution in [-0.4, -0.2) is 29.1 Å². The number of carbonyl (C=O) groups is 3. The fourth-order valence-corrected chi connectivity index (χ4v) is 4.48. The lowest BCUT2D eigenvalue weighted by Crippen LogP contribution is -2.27. The lowest BCUT2D eigenvalue weighted by Gasteiger charge is -2.13. The number of ether oxygens (including phenoxy) is 2. The summed E-state index contributed by atoms with van der Waals surface area (Å²) in [5.74, 6) is -0.609. The molecule has 2 amide bonds. The first-order chi connectivity index (χ1) is 16.4. The molecule has 0 aliphatic carbocycles. The lowest BCUT2D eigenvalue weighted by atomic mass is 10.1. The van der Waals surface area contributed by atoms with Gasteiger partial charge in [-0.25, -0.2) is 4.79 Å². The maximum atomic E-state index is 12.9. The van der Waals surface area contributed by atoms with E-state index in [1.54, 1.807) is 72.8 Å². The Balaban J connectivity index is 1.57. The van der Waals surface area contributed by atoms with Crippen molar-refractivity contribution in [1.29, 1.82) is 0 Å². The van der Waals surface area contributed by atoms with E-state index in [1.165, 1.54) is 7.11 Å². The molecule has 9 heteroatoms. The molecule has 0 saturated carbocycles. The van der Waals surface area contributed by atoms with Crippen LogP contribution in [-0.2, 0) is 11.3 Å². The van der Waals surface area contributed by atoms with Crippen LogP contribution >= 0.6 is 35.0 Å². The quantitative estimate of drug-likeness (QED) is 0.214. The molecule has 1 heterocycles. The van der Waals surface area contributed by atoms with Crippen molar-refractivity contribution in [1.82, 2.24) is 4.90 Å². The molecule has 34 heavy (non-hydrogen) atoms. The highest BCUT2D eigenvalue weighted by atomic mass is 35.5. The van der Waals surface area contributed by atoms with Gasteiger partial charge in [-0.2, -0.15) is 0 Å². The van der Waals surface area contributed by atoms with Gasteiger partial charge in [0.25, 0.3) is 11.1 Å². The van der Waals surface area contributed by atoms with Gasteiger partial charge in [-0.1, -0.05) is 59.6 Å². The number of hydrogen-bond donors (Lipinski definition) is 0. The predicted octanol–water partition coefficient (Wildman–Crippen LogP) is 6.46. The summed E-state index contributed by atoms with van der Waals surface area (Å²) in [6, 6.07) is 18.4. The Labute approximate surface area is 210 Å². The van der Waals surface area contributed by atoms with Crippen molar-refractivity contribution in [2.75, 3.05) is 7.11 Å². The van der Waals surface area contributed by atoms with Crippen LogP contribution in [0.1, 0.15) is 21.5 Å². The molecule has 4 rings (SSSR count). The number of methoxy groups -OCH3 is 1. The molecule has 0 aromatic heterocycles. The van der Waals surface area contributed by atoms with Crippen LogP contribution in [0.25, 0.3) is 6.08 Å². The summed E-state index contributed by atoms with van der Waals surface area (Å²) in [7, 11) is 1.45. The summed E-state index contributed by atoms with van der Waals surface area (Å²) in [5, 5.41) is 0.343. The van der Waals surface area contributed by atoms with E-state index in [0.717, 1.165) is 16.7 Å². The number of halogens is 2. The van der Waals surface area contributed by atoms with Crippen LogP contribution in [0, 0.1) is 0 Å². The molecular weight excluding hydrogens is 497 g/mol. The smallest absolute Gasteiger partial charge is 0.345 e. The van der Waals surface area contributed by atoms with Crippen LogP contribution in [0.3, 0.4) is 0 Å². The fraction of sp³-hybridized carbons (Fsp3) is 0.0800. The molecule has 172 valence electrons. The number of hydrogen-bond acceptors (Lipinski definition) is 6. The van der Waals surface area contributed by atoms with Gasteiger partial charge in [0.15, 0.2) is 11.5 Å². The second kappa shape index (κ2) is 10.3. The highest BCUT2D eigenvalue weighted by Gasteiger charge is 2.35. The van der Waals surface area contributed by atoms with E-state index in [0.29, 0.717) is 21.9 Å². The number of carbonyl (C=O) groups excluding carboxylic acids is 3. The predicted molar refractivity (Wildman–Crippen MR) is 132 cm³/mol. The second-order valence-corrected chi connectivity index (χ2v) is 8.95. The Bertz CT molecular complexity index is 1320. The molecule has 1 aliphatic rings.